The fraction of sp³-hybridized carbons (Fsp3) is 0.230. The molecule has 0 heterocycles. The van der Waals surface area contributed by atoms with Crippen LogP contribution in [-0.4, -0.2) is 5.71 Å². The van der Waals surface area contributed by atoms with Crippen LogP contribution in [0.1, 0.15) is 119 Å². The van der Waals surface area contributed by atoms with E-state index in [9.17, 15) is 0 Å². The summed E-state index contributed by atoms with van der Waals surface area (Å²) in [6, 6.07) is 45.9. The fourth-order valence-electron chi connectivity index (χ4n) is 7.73. The first-order valence-electron chi connectivity index (χ1n) is 22.6. The van der Waals surface area contributed by atoms with Crippen molar-refractivity contribution in [3.63, 3.8) is 0 Å². The summed E-state index contributed by atoms with van der Waals surface area (Å²) < 4.78 is 0. The van der Waals surface area contributed by atoms with Crippen LogP contribution in [0.3, 0.4) is 0 Å². The van der Waals surface area contributed by atoms with E-state index >= 15 is 0 Å². The predicted octanol–water partition coefficient (Wildman–Crippen LogP) is 17.8. The normalized spacial score (nSPS) is 12.3. The maximum atomic E-state index is 5.06. The first kappa shape index (κ1) is 48.4. The van der Waals surface area contributed by atoms with Crippen molar-refractivity contribution in [1.82, 2.24) is 0 Å². The molecule has 0 atom stereocenters. The average molecular weight is 816 g/mol. The summed E-state index contributed by atoms with van der Waals surface area (Å²) in [6.45, 7) is 25.0. The average Bonchev–Trinajstić information content (AvgIpc) is 3.72. The molecule has 62 heavy (non-hydrogen) atoms. The van der Waals surface area contributed by atoms with Crippen LogP contribution in [0.15, 0.2) is 175 Å². The van der Waals surface area contributed by atoms with Crippen LogP contribution < -0.4 is 0 Å². The summed E-state index contributed by atoms with van der Waals surface area (Å²) in [5.41, 5.74) is 22.0. The minimum Gasteiger partial charge on any atom is -0.285 e. The molecule has 0 fully saturated rings. The van der Waals surface area contributed by atoms with Crippen molar-refractivity contribution in [2.75, 3.05) is 0 Å². The van der Waals surface area contributed by atoms with E-state index in [2.05, 4.69) is 168 Å². The zero-order valence-electron chi connectivity index (χ0n) is 39.2. The Kier molecular flexibility index (Phi) is 19.9. The van der Waals surface area contributed by atoms with Crippen LogP contribution in [0, 0.1) is 6.92 Å². The van der Waals surface area contributed by atoms with Crippen molar-refractivity contribution in [2.45, 2.75) is 95.0 Å². The van der Waals surface area contributed by atoms with Gasteiger partial charge in [-0.25, -0.2) is 0 Å². The number of hydrogen-bond acceptors (Lipinski definition) is 1. The van der Waals surface area contributed by atoms with E-state index in [4.69, 9.17) is 4.99 Å². The van der Waals surface area contributed by atoms with E-state index in [-0.39, 0.29) is 0 Å². The number of nitrogens with zero attached hydrogens (tertiary/aromatic N) is 1. The third-order valence-corrected chi connectivity index (χ3v) is 11.0. The number of rotatable bonds is 8. The van der Waals surface area contributed by atoms with Gasteiger partial charge in [-0.2, -0.15) is 0 Å². The minimum absolute atomic E-state index is 0.675. The Labute approximate surface area is 375 Å². The van der Waals surface area contributed by atoms with Crippen LogP contribution in [0.5, 0.6) is 0 Å². The molecule has 6 aromatic rings. The Morgan fingerprint density at radius 2 is 1.32 bits per heavy atom. The zero-order valence-corrected chi connectivity index (χ0v) is 39.2. The molecular weight excluding hydrogens is 747 g/mol. The summed E-state index contributed by atoms with van der Waals surface area (Å²) in [7, 11) is 0. The molecule has 0 unspecified atom stereocenters. The van der Waals surface area contributed by atoms with Gasteiger partial charge in [0.1, 0.15) is 0 Å². The third kappa shape index (κ3) is 12.9. The van der Waals surface area contributed by atoms with Crippen molar-refractivity contribution >= 4 is 23.9 Å². The van der Waals surface area contributed by atoms with Crippen LogP contribution >= 0.6 is 0 Å². The minimum atomic E-state index is 0.675. The second-order valence-corrected chi connectivity index (χ2v) is 15.0. The first-order chi connectivity index (χ1) is 30.3. The number of hydrogen-bond donors (Lipinski definition) is 0. The maximum Gasteiger partial charge on any atom is 0.0643 e. The van der Waals surface area contributed by atoms with Gasteiger partial charge in [-0.15, -0.1) is 0 Å². The van der Waals surface area contributed by atoms with Crippen molar-refractivity contribution in [3.05, 3.63) is 220 Å². The SMILES string of the molecule is C/C=C\C(C)=C/C.C/C=C\c1c(-c2cc(C(C)=NCc3ccccc3)cc(-c3ccc4c(c3)-c3ccccc3C4)c2)cc2c(c1C)CCC=C2.C=Cc1ccccc1.CC.CC. The van der Waals surface area contributed by atoms with Gasteiger partial charge in [0.25, 0.3) is 0 Å². The zero-order chi connectivity index (χ0) is 44.9. The topological polar surface area (TPSA) is 12.4 Å². The smallest absolute Gasteiger partial charge is 0.0643 e. The van der Waals surface area contributed by atoms with E-state index in [1.54, 1.807) is 0 Å². The predicted molar refractivity (Wildman–Crippen MR) is 278 cm³/mol. The lowest BCUT2D eigenvalue weighted by Gasteiger charge is -2.21. The molecule has 6 aromatic carbocycles. The lowest BCUT2D eigenvalue weighted by molar-refractivity contribution is 0.970. The van der Waals surface area contributed by atoms with E-state index in [1.165, 1.54) is 89.0 Å². The molecule has 0 spiro atoms. The molecule has 0 saturated heterocycles. The molecule has 0 bridgehead atoms. The summed E-state index contributed by atoms with van der Waals surface area (Å²) in [5.74, 6) is 0. The highest BCUT2D eigenvalue weighted by molar-refractivity contribution is 6.01. The summed E-state index contributed by atoms with van der Waals surface area (Å²) in [5, 5.41) is 0. The Morgan fingerprint density at radius 1 is 0.661 bits per heavy atom. The van der Waals surface area contributed by atoms with Crippen molar-refractivity contribution in [2.24, 2.45) is 4.99 Å². The van der Waals surface area contributed by atoms with Gasteiger partial charge >= 0.3 is 0 Å². The van der Waals surface area contributed by atoms with Gasteiger partial charge in [-0.05, 0) is 175 Å². The summed E-state index contributed by atoms with van der Waals surface area (Å²) in [4.78, 5) is 5.06. The molecule has 0 aromatic heterocycles. The van der Waals surface area contributed by atoms with Gasteiger partial charge in [0.05, 0.1) is 6.54 Å². The first-order valence-corrected chi connectivity index (χ1v) is 22.6. The van der Waals surface area contributed by atoms with Crippen molar-refractivity contribution in [1.29, 1.82) is 0 Å². The Balaban J connectivity index is 0.000000373. The Hall–Kier alpha value is -6.31. The van der Waals surface area contributed by atoms with Crippen LogP contribution in [0.4, 0.5) is 0 Å². The second kappa shape index (κ2) is 25.5. The summed E-state index contributed by atoms with van der Waals surface area (Å²) >= 11 is 0. The molecule has 318 valence electrons. The summed E-state index contributed by atoms with van der Waals surface area (Å²) in [6.07, 6.45) is 20.3. The Bertz CT molecular complexity index is 2500. The molecule has 1 nitrogen and oxygen atoms in total. The van der Waals surface area contributed by atoms with Gasteiger partial charge < -0.3 is 0 Å². The monoisotopic (exact) mass is 816 g/mol. The third-order valence-electron chi connectivity index (χ3n) is 11.0. The quantitative estimate of drug-likeness (QED) is 0.107. The molecule has 0 aliphatic heterocycles. The van der Waals surface area contributed by atoms with Crippen LogP contribution in [-0.2, 0) is 19.4 Å². The number of aliphatic imine (C=N–C) groups is 1. The van der Waals surface area contributed by atoms with Gasteiger partial charge in [0.2, 0.25) is 0 Å². The van der Waals surface area contributed by atoms with E-state index in [0.29, 0.717) is 6.54 Å². The molecule has 0 amide bonds. The molecule has 2 aliphatic rings. The molecule has 0 N–H and O–H groups in total. The molecule has 8 rings (SSSR count). The van der Waals surface area contributed by atoms with E-state index in [0.717, 1.165) is 25.0 Å². The largest absolute Gasteiger partial charge is 0.285 e. The molecular formula is C61H69N. The van der Waals surface area contributed by atoms with Crippen molar-refractivity contribution < 1.29 is 0 Å². The molecule has 1 heteroatoms. The maximum absolute atomic E-state index is 5.06. The van der Waals surface area contributed by atoms with Crippen molar-refractivity contribution in [3.8, 4) is 33.4 Å². The molecule has 0 saturated carbocycles. The van der Waals surface area contributed by atoms with Crippen LogP contribution in [0.25, 0.3) is 51.6 Å². The lowest BCUT2D eigenvalue weighted by Crippen LogP contribution is -2.03. The van der Waals surface area contributed by atoms with E-state index < -0.39 is 0 Å². The number of fused-ring (bicyclic) bond motifs is 4. The standard InChI is InChI=1S/C42H37N.C8H8.C7H12.2C2H6/c1-4-12-39-28(2)38-17-10-8-16-33(38)26-42(39)37-23-35(29(3)43-27-30-13-6-5-7-14-30)22-36(24-37)31-19-20-34-21-32-15-9-11-18-40(32)41(34)25-31;1-2-8-6-4-3-5-7-8;1-4-6-7(3)5-2;2*1-2/h4-9,11-16,18-20,22-26H,10,17,21,27H2,1-3H3;2-7H,1H2;4-6H,1-3H3;2*1-2H3/b12-4-,43-29?;;6-4-,7-5-;;. The molecule has 2 aliphatic carbocycles. The second-order valence-electron chi connectivity index (χ2n) is 15.0. The number of benzene rings is 6. The highest BCUT2D eigenvalue weighted by atomic mass is 14.7. The number of allylic oxidation sites excluding steroid dienone is 6. The Morgan fingerprint density at radius 3 is 1.97 bits per heavy atom. The van der Waals surface area contributed by atoms with Crippen LogP contribution in [0.2, 0.25) is 0 Å². The van der Waals surface area contributed by atoms with Gasteiger partial charge in [0.15, 0.2) is 0 Å². The molecule has 0 radical (unpaired) electrons. The van der Waals surface area contributed by atoms with Gasteiger partial charge in [-0.3, -0.25) is 4.99 Å². The fourth-order valence-corrected chi connectivity index (χ4v) is 7.73. The van der Waals surface area contributed by atoms with E-state index in [1.807, 2.05) is 84.0 Å². The lowest BCUT2D eigenvalue weighted by atomic mass is 9.84. The van der Waals surface area contributed by atoms with Gasteiger partial charge in [-0.1, -0.05) is 186 Å². The van der Waals surface area contributed by atoms with Gasteiger partial charge in [0, 0.05) is 5.71 Å². The highest BCUT2D eigenvalue weighted by Crippen LogP contribution is 2.41. The highest BCUT2D eigenvalue weighted by Gasteiger charge is 2.20.